The molecule has 2 heterocycles. The monoisotopic (exact) mass is 590 g/mol. The van der Waals surface area contributed by atoms with Crippen LogP contribution in [-0.4, -0.2) is 42.7 Å². The van der Waals surface area contributed by atoms with Gasteiger partial charge in [0.15, 0.2) is 0 Å². The quantitative estimate of drug-likeness (QED) is 0.219. The molecule has 44 heavy (non-hydrogen) atoms. The van der Waals surface area contributed by atoms with Crippen LogP contribution in [0.2, 0.25) is 0 Å². The molecule has 2 amide bonds. The summed E-state index contributed by atoms with van der Waals surface area (Å²) in [5, 5.41) is 3.14. The summed E-state index contributed by atoms with van der Waals surface area (Å²) >= 11 is 0. The Morgan fingerprint density at radius 3 is 2.30 bits per heavy atom. The Labute approximate surface area is 256 Å². The zero-order valence-electron chi connectivity index (χ0n) is 24.9. The number of fused-ring (bicyclic) bond motifs is 1. The molecule has 1 saturated heterocycles. The summed E-state index contributed by atoms with van der Waals surface area (Å²) in [5.74, 6) is 1.49. The zero-order valence-corrected chi connectivity index (χ0v) is 24.9. The highest BCUT2D eigenvalue weighted by atomic mass is 16.5. The molecule has 1 N–H and O–H groups in total. The summed E-state index contributed by atoms with van der Waals surface area (Å²) in [5.41, 5.74) is 4.06. The van der Waals surface area contributed by atoms with Crippen LogP contribution >= 0.6 is 0 Å². The van der Waals surface area contributed by atoms with Crippen LogP contribution in [0, 0.1) is 5.92 Å². The number of nitrogens with one attached hydrogen (secondary N) is 1. The number of rotatable bonds is 9. The second kappa shape index (κ2) is 12.5. The third-order valence-electron chi connectivity index (χ3n) is 8.12. The van der Waals surface area contributed by atoms with Crippen molar-refractivity contribution < 1.29 is 23.8 Å². The molecule has 4 aromatic carbocycles. The van der Waals surface area contributed by atoms with Crippen LogP contribution in [0.25, 0.3) is 11.0 Å². The standard InChI is InChI=1S/C35H34N4O5/c1-42-25-15-13-24(14-16-25)39-32(40)20-18-28(33(39)27-11-7-8-12-31(27)44-3)34(41)37-35-36-29-21-26(43-2)17-19-30(29)38(35)22-23-9-5-4-6-10-23/h4-17,19,21,28,33H,18,20,22H2,1-3H3,(H,36,37,41). The van der Waals surface area contributed by atoms with Crippen molar-refractivity contribution >= 4 is 34.5 Å². The van der Waals surface area contributed by atoms with Crippen LogP contribution in [0.3, 0.4) is 0 Å². The van der Waals surface area contributed by atoms with Gasteiger partial charge in [-0.15, -0.1) is 0 Å². The molecule has 0 saturated carbocycles. The number of para-hydroxylation sites is 1. The Bertz CT molecular complexity index is 1780. The molecule has 5 aromatic rings. The van der Waals surface area contributed by atoms with Crippen LogP contribution in [0.15, 0.2) is 97.1 Å². The number of aromatic nitrogens is 2. The molecule has 2 unspecified atom stereocenters. The van der Waals surface area contributed by atoms with E-state index >= 15 is 0 Å². The largest absolute Gasteiger partial charge is 0.497 e. The third kappa shape index (κ3) is 5.56. The summed E-state index contributed by atoms with van der Waals surface area (Å²) in [7, 11) is 4.80. The Morgan fingerprint density at radius 1 is 0.864 bits per heavy atom. The van der Waals surface area contributed by atoms with Crippen molar-refractivity contribution in [3.63, 3.8) is 0 Å². The van der Waals surface area contributed by atoms with Gasteiger partial charge in [-0.1, -0.05) is 48.5 Å². The van der Waals surface area contributed by atoms with E-state index in [-0.39, 0.29) is 18.2 Å². The minimum absolute atomic E-state index is 0.0708. The first-order valence-corrected chi connectivity index (χ1v) is 14.5. The lowest BCUT2D eigenvalue weighted by Crippen LogP contribution is -2.47. The Hall–Kier alpha value is -5.31. The molecule has 6 rings (SSSR count). The Balaban J connectivity index is 1.41. The van der Waals surface area contributed by atoms with Crippen molar-refractivity contribution in [3.8, 4) is 17.2 Å². The van der Waals surface area contributed by atoms with Crippen molar-refractivity contribution in [2.45, 2.75) is 25.4 Å². The maximum atomic E-state index is 14.4. The number of piperidine rings is 1. The fourth-order valence-corrected chi connectivity index (χ4v) is 5.94. The number of nitrogens with zero attached hydrogens (tertiary/aromatic N) is 3. The lowest BCUT2D eigenvalue weighted by atomic mass is 9.82. The average molecular weight is 591 g/mol. The van der Waals surface area contributed by atoms with E-state index in [0.717, 1.165) is 16.6 Å². The second-order valence-electron chi connectivity index (χ2n) is 10.6. The molecule has 9 nitrogen and oxygen atoms in total. The van der Waals surface area contributed by atoms with E-state index < -0.39 is 12.0 Å². The topological polar surface area (TPSA) is 94.9 Å². The lowest BCUT2D eigenvalue weighted by Gasteiger charge is -2.41. The summed E-state index contributed by atoms with van der Waals surface area (Å²) in [6.07, 6.45) is 0.584. The first kappa shape index (κ1) is 28.8. The number of methoxy groups -OCH3 is 3. The van der Waals surface area contributed by atoms with Crippen molar-refractivity contribution in [3.05, 3.63) is 108 Å². The van der Waals surface area contributed by atoms with Gasteiger partial charge >= 0.3 is 0 Å². The first-order valence-electron chi connectivity index (χ1n) is 14.5. The third-order valence-corrected chi connectivity index (χ3v) is 8.12. The smallest absolute Gasteiger partial charge is 0.232 e. The van der Waals surface area contributed by atoms with Crippen LogP contribution in [0.1, 0.15) is 30.0 Å². The van der Waals surface area contributed by atoms with E-state index in [1.54, 1.807) is 26.2 Å². The number of carbonyl (C=O) groups is 2. The van der Waals surface area contributed by atoms with E-state index in [0.29, 0.717) is 47.4 Å². The van der Waals surface area contributed by atoms with Gasteiger partial charge in [0.25, 0.3) is 0 Å². The van der Waals surface area contributed by atoms with Crippen molar-refractivity contribution in [2.75, 3.05) is 31.5 Å². The minimum atomic E-state index is -0.618. The first-order chi connectivity index (χ1) is 21.5. The highest BCUT2D eigenvalue weighted by molar-refractivity contribution is 6.00. The highest BCUT2D eigenvalue weighted by Crippen LogP contribution is 2.44. The van der Waals surface area contributed by atoms with Crippen molar-refractivity contribution in [1.82, 2.24) is 9.55 Å². The zero-order chi connectivity index (χ0) is 30.6. The summed E-state index contributed by atoms with van der Waals surface area (Å²) < 4.78 is 18.5. The van der Waals surface area contributed by atoms with E-state index in [1.807, 2.05) is 102 Å². The van der Waals surface area contributed by atoms with E-state index in [9.17, 15) is 9.59 Å². The Kier molecular flexibility index (Phi) is 8.18. The molecular weight excluding hydrogens is 556 g/mol. The molecule has 0 aliphatic carbocycles. The molecule has 2 atom stereocenters. The van der Waals surface area contributed by atoms with Gasteiger partial charge in [-0.3, -0.25) is 14.9 Å². The molecule has 0 radical (unpaired) electrons. The molecule has 0 bridgehead atoms. The highest BCUT2D eigenvalue weighted by Gasteiger charge is 2.43. The molecule has 1 aliphatic rings. The number of anilines is 2. The predicted molar refractivity (Wildman–Crippen MR) is 169 cm³/mol. The van der Waals surface area contributed by atoms with Crippen LogP contribution in [0.4, 0.5) is 11.6 Å². The maximum Gasteiger partial charge on any atom is 0.232 e. The number of benzene rings is 4. The number of ether oxygens (including phenoxy) is 3. The maximum absolute atomic E-state index is 14.4. The van der Waals surface area contributed by atoms with Crippen LogP contribution in [0.5, 0.6) is 17.2 Å². The minimum Gasteiger partial charge on any atom is -0.497 e. The molecule has 1 aromatic heterocycles. The fraction of sp³-hybridized carbons (Fsp3) is 0.229. The van der Waals surface area contributed by atoms with Gasteiger partial charge in [-0.05, 0) is 54.4 Å². The van der Waals surface area contributed by atoms with Crippen LogP contribution in [-0.2, 0) is 16.1 Å². The fourth-order valence-electron chi connectivity index (χ4n) is 5.94. The normalized spacial score (nSPS) is 16.5. The van der Waals surface area contributed by atoms with E-state index in [2.05, 4.69) is 5.32 Å². The number of amides is 2. The second-order valence-corrected chi connectivity index (χ2v) is 10.6. The lowest BCUT2D eigenvalue weighted by molar-refractivity contribution is -0.126. The summed E-state index contributed by atoms with van der Waals surface area (Å²) in [4.78, 5) is 34.5. The van der Waals surface area contributed by atoms with E-state index in [4.69, 9.17) is 19.2 Å². The summed E-state index contributed by atoms with van der Waals surface area (Å²) in [6.45, 7) is 0.510. The molecular formula is C35H34N4O5. The number of hydrogen-bond acceptors (Lipinski definition) is 6. The van der Waals surface area contributed by atoms with Gasteiger partial charge in [0, 0.05) is 23.7 Å². The van der Waals surface area contributed by atoms with Crippen molar-refractivity contribution in [1.29, 1.82) is 0 Å². The van der Waals surface area contributed by atoms with Gasteiger partial charge in [-0.25, -0.2) is 4.98 Å². The van der Waals surface area contributed by atoms with Crippen molar-refractivity contribution in [2.24, 2.45) is 5.92 Å². The molecule has 224 valence electrons. The SMILES string of the molecule is COc1ccc(N2C(=O)CCC(C(=O)Nc3nc4cc(OC)ccc4n3Cc3ccccc3)C2c2ccccc2OC)cc1. The number of imidazole rings is 1. The number of carbonyl (C=O) groups excluding carboxylic acids is 2. The molecule has 1 aliphatic heterocycles. The van der Waals surface area contributed by atoms with Gasteiger partial charge in [0.05, 0.1) is 50.9 Å². The van der Waals surface area contributed by atoms with Gasteiger partial charge in [0.1, 0.15) is 17.2 Å². The van der Waals surface area contributed by atoms with Gasteiger partial charge in [0.2, 0.25) is 17.8 Å². The van der Waals surface area contributed by atoms with E-state index in [1.165, 1.54) is 0 Å². The van der Waals surface area contributed by atoms with Crippen LogP contribution < -0.4 is 24.4 Å². The molecule has 1 fully saturated rings. The predicted octanol–water partition coefficient (Wildman–Crippen LogP) is 6.23. The summed E-state index contributed by atoms with van der Waals surface area (Å²) in [6, 6.07) is 29.9. The molecule has 9 heteroatoms. The van der Waals surface area contributed by atoms with Gasteiger partial charge in [-0.2, -0.15) is 0 Å². The number of hydrogen-bond donors (Lipinski definition) is 1. The Morgan fingerprint density at radius 2 is 1.57 bits per heavy atom. The van der Waals surface area contributed by atoms with Gasteiger partial charge < -0.3 is 23.7 Å². The average Bonchev–Trinajstić information content (AvgIpc) is 3.40. The molecule has 0 spiro atoms.